The Kier molecular flexibility index (Phi) is 7.49. The Morgan fingerprint density at radius 1 is 1.39 bits per heavy atom. The first-order valence-electron chi connectivity index (χ1n) is 8.42. The van der Waals surface area contributed by atoms with Gasteiger partial charge in [0.1, 0.15) is 0 Å². The van der Waals surface area contributed by atoms with Crippen LogP contribution >= 0.6 is 0 Å². The molecule has 1 saturated heterocycles. The molecule has 128 valence electrons. The molecule has 0 aromatic heterocycles. The van der Waals surface area contributed by atoms with Gasteiger partial charge in [0, 0.05) is 19.4 Å². The summed E-state index contributed by atoms with van der Waals surface area (Å²) in [5, 5.41) is 0. The minimum atomic E-state index is -0.183. The van der Waals surface area contributed by atoms with Gasteiger partial charge in [-0.05, 0) is 50.2 Å². The van der Waals surface area contributed by atoms with Crippen LogP contribution in [0.15, 0.2) is 23.8 Å². The summed E-state index contributed by atoms with van der Waals surface area (Å²) in [5.74, 6) is -0.0259. The number of methoxy groups -OCH3 is 1. The fourth-order valence-corrected chi connectivity index (χ4v) is 2.77. The van der Waals surface area contributed by atoms with Crippen LogP contribution in [0, 0.1) is 0 Å². The Bertz CT molecular complexity index is 460. The van der Waals surface area contributed by atoms with Gasteiger partial charge in [0.25, 0.3) is 0 Å². The number of Topliss-reactive ketones (excluding diaryl/α,β-unsaturated/α-hetero) is 1. The number of unbranched alkanes of at least 4 members (excludes halogenated alkanes) is 1. The van der Waals surface area contributed by atoms with Gasteiger partial charge in [-0.3, -0.25) is 9.59 Å². The molecule has 5 heteroatoms. The van der Waals surface area contributed by atoms with Gasteiger partial charge in [-0.25, -0.2) is 0 Å². The highest BCUT2D eigenvalue weighted by Gasteiger charge is 2.27. The van der Waals surface area contributed by atoms with E-state index in [1.807, 2.05) is 18.2 Å². The van der Waals surface area contributed by atoms with Crippen LogP contribution in [0.2, 0.25) is 0 Å². The van der Waals surface area contributed by atoms with E-state index in [0.717, 1.165) is 44.3 Å². The van der Waals surface area contributed by atoms with Gasteiger partial charge in [-0.1, -0.05) is 12.2 Å². The van der Waals surface area contributed by atoms with Crippen molar-refractivity contribution in [3.63, 3.8) is 0 Å². The van der Waals surface area contributed by atoms with Gasteiger partial charge in [-0.15, -0.1) is 0 Å². The molecule has 0 amide bonds. The number of esters is 1. The lowest BCUT2D eigenvalue weighted by atomic mass is 10.1. The molecule has 5 nitrogen and oxygen atoms in total. The van der Waals surface area contributed by atoms with Crippen molar-refractivity contribution in [1.82, 2.24) is 0 Å². The predicted molar refractivity (Wildman–Crippen MR) is 85.8 cm³/mol. The molecule has 0 spiro atoms. The molecule has 0 unspecified atom stereocenters. The van der Waals surface area contributed by atoms with Crippen LogP contribution in [0.3, 0.4) is 0 Å². The van der Waals surface area contributed by atoms with Gasteiger partial charge >= 0.3 is 5.97 Å². The Labute approximate surface area is 137 Å². The molecule has 0 saturated carbocycles. The minimum absolute atomic E-state index is 0.145. The zero-order valence-electron chi connectivity index (χ0n) is 13.8. The third kappa shape index (κ3) is 6.28. The maximum absolute atomic E-state index is 12.0. The van der Waals surface area contributed by atoms with E-state index >= 15 is 0 Å². The lowest BCUT2D eigenvalue weighted by Crippen LogP contribution is -2.26. The van der Waals surface area contributed by atoms with Crippen molar-refractivity contribution in [2.24, 2.45) is 0 Å². The number of allylic oxidation sites excluding steroid dienone is 3. The van der Waals surface area contributed by atoms with Crippen LogP contribution in [-0.4, -0.2) is 37.9 Å². The van der Waals surface area contributed by atoms with E-state index in [4.69, 9.17) is 9.47 Å². The first-order valence-corrected chi connectivity index (χ1v) is 8.42. The summed E-state index contributed by atoms with van der Waals surface area (Å²) in [6.45, 7) is 0.746. The largest absolute Gasteiger partial charge is 0.469 e. The van der Waals surface area contributed by atoms with Gasteiger partial charge in [0.15, 0.2) is 12.1 Å². The van der Waals surface area contributed by atoms with Gasteiger partial charge in [0.05, 0.1) is 13.2 Å². The van der Waals surface area contributed by atoms with Gasteiger partial charge in [0.2, 0.25) is 0 Å². The summed E-state index contributed by atoms with van der Waals surface area (Å²) in [4.78, 5) is 23.0. The fourth-order valence-electron chi connectivity index (χ4n) is 2.77. The number of hydrogen-bond acceptors (Lipinski definition) is 5. The van der Waals surface area contributed by atoms with E-state index in [0.29, 0.717) is 19.3 Å². The van der Waals surface area contributed by atoms with E-state index in [1.165, 1.54) is 7.11 Å². The van der Waals surface area contributed by atoms with Gasteiger partial charge in [-0.2, -0.15) is 0 Å². The lowest BCUT2D eigenvalue weighted by molar-refractivity contribution is -0.178. The maximum atomic E-state index is 12.0. The molecule has 2 rings (SSSR count). The van der Waals surface area contributed by atoms with Crippen LogP contribution < -0.4 is 0 Å². The molecule has 2 aliphatic rings. The first kappa shape index (κ1) is 17.9. The standard InChI is InChI=1S/C18H26O5/c1-21-17(20)9-5-3-2-4-8-14-12-15(13-16(14)19)23-18-10-6-7-11-22-18/h2,4,12,15,18H,3,5-11,13H2,1H3/b4-2+/t15-,18+/m1/s1. The number of carbonyl (C=O) groups is 2. The van der Waals surface area contributed by atoms with E-state index in [-0.39, 0.29) is 24.1 Å². The smallest absolute Gasteiger partial charge is 0.305 e. The number of hydrogen-bond donors (Lipinski definition) is 0. The highest BCUT2D eigenvalue weighted by atomic mass is 16.7. The molecule has 1 fully saturated rings. The predicted octanol–water partition coefficient (Wildman–Crippen LogP) is 3.09. The Hall–Kier alpha value is -1.46. The molecule has 0 radical (unpaired) electrons. The van der Waals surface area contributed by atoms with Crippen molar-refractivity contribution >= 4 is 11.8 Å². The van der Waals surface area contributed by atoms with E-state index in [1.54, 1.807) is 0 Å². The van der Waals surface area contributed by atoms with Crippen LogP contribution in [0.1, 0.15) is 51.4 Å². The molecule has 0 aromatic rings. The van der Waals surface area contributed by atoms with E-state index < -0.39 is 0 Å². The fraction of sp³-hybridized carbons (Fsp3) is 0.667. The van der Waals surface area contributed by atoms with Crippen molar-refractivity contribution in [3.8, 4) is 0 Å². The third-order valence-corrected chi connectivity index (χ3v) is 4.08. The van der Waals surface area contributed by atoms with Crippen molar-refractivity contribution < 1.29 is 23.8 Å². The minimum Gasteiger partial charge on any atom is -0.469 e. The second kappa shape index (κ2) is 9.63. The third-order valence-electron chi connectivity index (χ3n) is 4.08. The summed E-state index contributed by atoms with van der Waals surface area (Å²) in [6, 6.07) is 0. The molecular weight excluding hydrogens is 296 g/mol. The SMILES string of the molecule is COC(=O)CCC/C=C/CC1=C[C@@H](O[C@H]2CCCCO2)CC1=O. The Balaban J connectivity index is 1.68. The summed E-state index contributed by atoms with van der Waals surface area (Å²) in [6.07, 6.45) is 11.8. The highest BCUT2D eigenvalue weighted by Crippen LogP contribution is 2.24. The molecule has 0 N–H and O–H groups in total. The molecule has 1 aliphatic carbocycles. The van der Waals surface area contributed by atoms with Crippen molar-refractivity contribution in [2.75, 3.05) is 13.7 Å². The lowest BCUT2D eigenvalue weighted by Gasteiger charge is -2.24. The van der Waals surface area contributed by atoms with Crippen LogP contribution in [0.25, 0.3) is 0 Å². The molecule has 0 aromatic carbocycles. The average molecular weight is 322 g/mol. The molecule has 1 aliphatic heterocycles. The maximum Gasteiger partial charge on any atom is 0.305 e. The van der Waals surface area contributed by atoms with Crippen LogP contribution in [0.5, 0.6) is 0 Å². The molecule has 2 atom stereocenters. The number of carbonyl (C=O) groups excluding carboxylic acids is 2. The number of ketones is 1. The van der Waals surface area contributed by atoms with E-state index in [2.05, 4.69) is 4.74 Å². The normalized spacial score (nSPS) is 24.9. The topological polar surface area (TPSA) is 61.8 Å². The first-order chi connectivity index (χ1) is 11.2. The quantitative estimate of drug-likeness (QED) is 0.390. The molecule has 23 heavy (non-hydrogen) atoms. The zero-order chi connectivity index (χ0) is 16.5. The highest BCUT2D eigenvalue weighted by molar-refractivity contribution is 5.98. The number of rotatable bonds is 8. The Morgan fingerprint density at radius 3 is 3.00 bits per heavy atom. The summed E-state index contributed by atoms with van der Waals surface area (Å²) >= 11 is 0. The second-order valence-corrected chi connectivity index (χ2v) is 5.93. The molecular formula is C18H26O5. The van der Waals surface area contributed by atoms with E-state index in [9.17, 15) is 9.59 Å². The summed E-state index contributed by atoms with van der Waals surface area (Å²) in [5.41, 5.74) is 0.815. The monoisotopic (exact) mass is 322 g/mol. The molecule has 1 heterocycles. The van der Waals surface area contributed by atoms with Crippen LogP contribution in [0.4, 0.5) is 0 Å². The molecule has 0 bridgehead atoms. The summed E-state index contributed by atoms with van der Waals surface area (Å²) < 4.78 is 16.0. The van der Waals surface area contributed by atoms with Crippen LogP contribution in [-0.2, 0) is 23.8 Å². The number of ether oxygens (including phenoxy) is 3. The van der Waals surface area contributed by atoms with Crippen molar-refractivity contribution in [2.45, 2.75) is 63.8 Å². The Morgan fingerprint density at radius 2 is 2.26 bits per heavy atom. The van der Waals surface area contributed by atoms with Gasteiger partial charge < -0.3 is 14.2 Å². The van der Waals surface area contributed by atoms with Crippen molar-refractivity contribution in [3.05, 3.63) is 23.8 Å². The second-order valence-electron chi connectivity index (χ2n) is 5.93. The zero-order valence-corrected chi connectivity index (χ0v) is 13.8. The van der Waals surface area contributed by atoms with Crippen molar-refractivity contribution in [1.29, 1.82) is 0 Å². The average Bonchev–Trinajstić information content (AvgIpc) is 2.91. The summed E-state index contributed by atoms with van der Waals surface area (Å²) in [7, 11) is 1.40.